The number of nitrogens with two attached hydrogens (primary N) is 1. The van der Waals surface area contributed by atoms with Crippen molar-refractivity contribution < 1.29 is 4.79 Å². The van der Waals surface area contributed by atoms with Gasteiger partial charge >= 0.3 is 0 Å². The Kier molecular flexibility index (Phi) is 5.48. The van der Waals surface area contributed by atoms with Crippen molar-refractivity contribution in [3.63, 3.8) is 0 Å². The first-order valence-electron chi connectivity index (χ1n) is 7.81. The highest BCUT2D eigenvalue weighted by Gasteiger charge is 2.24. The zero-order valence-corrected chi connectivity index (χ0v) is 11.6. The Bertz CT molecular complexity index is 261. The van der Waals surface area contributed by atoms with Gasteiger partial charge in [0.15, 0.2) is 0 Å². The molecule has 2 rings (SSSR count). The van der Waals surface area contributed by atoms with Gasteiger partial charge in [-0.1, -0.05) is 32.1 Å². The molecule has 3 nitrogen and oxygen atoms in total. The second-order valence-corrected chi connectivity index (χ2v) is 6.07. The number of rotatable bonds is 3. The summed E-state index contributed by atoms with van der Waals surface area (Å²) < 4.78 is 0. The van der Waals surface area contributed by atoms with E-state index in [4.69, 9.17) is 5.73 Å². The molecule has 0 spiro atoms. The van der Waals surface area contributed by atoms with E-state index >= 15 is 0 Å². The van der Waals surface area contributed by atoms with Crippen LogP contribution in [0.4, 0.5) is 0 Å². The molecular formula is C15H28N2O. The van der Waals surface area contributed by atoms with E-state index in [9.17, 15) is 4.79 Å². The van der Waals surface area contributed by atoms with Crippen molar-refractivity contribution in [3.05, 3.63) is 0 Å². The lowest BCUT2D eigenvalue weighted by molar-refractivity contribution is -0.132. The monoisotopic (exact) mass is 252 g/mol. The predicted octanol–water partition coefficient (Wildman–Crippen LogP) is 2.69. The lowest BCUT2D eigenvalue weighted by Gasteiger charge is -2.33. The van der Waals surface area contributed by atoms with Crippen LogP contribution in [-0.2, 0) is 4.79 Å². The summed E-state index contributed by atoms with van der Waals surface area (Å²) in [5, 5.41) is 0. The lowest BCUT2D eigenvalue weighted by atomic mass is 9.84. The summed E-state index contributed by atoms with van der Waals surface area (Å²) in [6.07, 6.45) is 12.0. The minimum atomic E-state index is 0.202. The van der Waals surface area contributed by atoms with Crippen molar-refractivity contribution in [2.24, 2.45) is 11.7 Å². The molecule has 0 radical (unpaired) electrons. The van der Waals surface area contributed by atoms with Gasteiger partial charge in [-0.15, -0.1) is 0 Å². The average molecular weight is 252 g/mol. The number of nitrogens with zero attached hydrogens (tertiary/aromatic N) is 1. The van der Waals surface area contributed by atoms with Crippen LogP contribution in [0.3, 0.4) is 0 Å². The number of hydrogen-bond acceptors (Lipinski definition) is 2. The van der Waals surface area contributed by atoms with E-state index in [1.807, 2.05) is 4.90 Å². The highest BCUT2D eigenvalue weighted by Crippen LogP contribution is 2.26. The maximum atomic E-state index is 12.1. The van der Waals surface area contributed by atoms with E-state index in [1.165, 1.54) is 44.9 Å². The second-order valence-electron chi connectivity index (χ2n) is 6.07. The molecule has 1 aliphatic carbocycles. The normalized spacial score (nSPS) is 25.6. The summed E-state index contributed by atoms with van der Waals surface area (Å²) in [7, 11) is 0. The third kappa shape index (κ3) is 3.98. The number of amides is 1. The Morgan fingerprint density at radius 1 is 1.06 bits per heavy atom. The van der Waals surface area contributed by atoms with Crippen LogP contribution in [-0.4, -0.2) is 29.9 Å². The number of likely N-dealkylation sites (tertiary alicyclic amines) is 1. The van der Waals surface area contributed by atoms with Crippen LogP contribution in [0, 0.1) is 5.92 Å². The summed E-state index contributed by atoms with van der Waals surface area (Å²) in [6, 6.07) is 0.202. The van der Waals surface area contributed by atoms with Crippen LogP contribution in [0.5, 0.6) is 0 Å². The molecule has 1 heterocycles. The van der Waals surface area contributed by atoms with E-state index in [1.54, 1.807) is 0 Å². The second kappa shape index (κ2) is 7.13. The van der Waals surface area contributed by atoms with Gasteiger partial charge in [0.25, 0.3) is 0 Å². The molecule has 0 aromatic heterocycles. The molecule has 1 atom stereocenters. The fraction of sp³-hybridized carbons (Fsp3) is 0.933. The fourth-order valence-electron chi connectivity index (χ4n) is 3.37. The Hall–Kier alpha value is -0.570. The molecule has 1 saturated carbocycles. The predicted molar refractivity (Wildman–Crippen MR) is 74.2 cm³/mol. The minimum Gasteiger partial charge on any atom is -0.341 e. The molecule has 3 heteroatoms. The van der Waals surface area contributed by atoms with E-state index < -0.39 is 0 Å². The standard InChI is InChI=1S/C15H28N2O/c16-14(13-8-4-3-5-9-13)12-17-11-7-2-1-6-10-15(17)18/h13-14H,1-12,16H2. The van der Waals surface area contributed by atoms with Gasteiger partial charge in [0.1, 0.15) is 0 Å². The van der Waals surface area contributed by atoms with Gasteiger partial charge < -0.3 is 10.6 Å². The smallest absolute Gasteiger partial charge is 0.222 e. The molecular weight excluding hydrogens is 224 g/mol. The number of carbonyl (C=O) groups excluding carboxylic acids is 1. The van der Waals surface area contributed by atoms with Gasteiger partial charge in [0, 0.05) is 25.6 Å². The summed E-state index contributed by atoms with van der Waals surface area (Å²) >= 11 is 0. The Balaban J connectivity index is 1.83. The highest BCUT2D eigenvalue weighted by atomic mass is 16.2. The summed E-state index contributed by atoms with van der Waals surface area (Å²) in [5.74, 6) is 0.984. The van der Waals surface area contributed by atoms with Gasteiger partial charge in [-0.2, -0.15) is 0 Å². The van der Waals surface area contributed by atoms with E-state index in [0.29, 0.717) is 11.8 Å². The van der Waals surface area contributed by atoms with Crippen LogP contribution >= 0.6 is 0 Å². The quantitative estimate of drug-likeness (QED) is 0.839. The zero-order valence-electron chi connectivity index (χ0n) is 11.6. The Labute approximate surface area is 111 Å². The molecule has 18 heavy (non-hydrogen) atoms. The van der Waals surface area contributed by atoms with Crippen molar-refractivity contribution >= 4 is 5.91 Å². The molecule has 1 saturated heterocycles. The average Bonchev–Trinajstić information content (AvgIpc) is 2.39. The molecule has 0 bridgehead atoms. The zero-order chi connectivity index (χ0) is 12.8. The van der Waals surface area contributed by atoms with Gasteiger partial charge in [0.2, 0.25) is 5.91 Å². The third-order valence-electron chi connectivity index (χ3n) is 4.61. The van der Waals surface area contributed by atoms with Gasteiger partial charge in [-0.25, -0.2) is 0 Å². The molecule has 1 amide bonds. The maximum Gasteiger partial charge on any atom is 0.222 e. The molecule has 2 aliphatic rings. The lowest BCUT2D eigenvalue weighted by Crippen LogP contribution is -2.46. The van der Waals surface area contributed by atoms with Crippen LogP contribution in [0.2, 0.25) is 0 Å². The topological polar surface area (TPSA) is 46.3 Å². The van der Waals surface area contributed by atoms with Crippen molar-refractivity contribution in [1.82, 2.24) is 4.90 Å². The van der Waals surface area contributed by atoms with E-state index in [-0.39, 0.29) is 6.04 Å². The van der Waals surface area contributed by atoms with Crippen LogP contribution in [0.15, 0.2) is 0 Å². The molecule has 0 aromatic carbocycles. The first kappa shape index (κ1) is 13.9. The largest absolute Gasteiger partial charge is 0.341 e. The number of hydrogen-bond donors (Lipinski definition) is 1. The van der Waals surface area contributed by atoms with E-state index in [2.05, 4.69) is 0 Å². The molecule has 104 valence electrons. The van der Waals surface area contributed by atoms with Crippen LogP contribution in [0.25, 0.3) is 0 Å². The van der Waals surface area contributed by atoms with Crippen molar-refractivity contribution in [2.45, 2.75) is 70.3 Å². The fourth-order valence-corrected chi connectivity index (χ4v) is 3.37. The van der Waals surface area contributed by atoms with Crippen LogP contribution in [0.1, 0.15) is 64.2 Å². The molecule has 2 N–H and O–H groups in total. The minimum absolute atomic E-state index is 0.202. The number of carbonyl (C=O) groups is 1. The molecule has 0 aromatic rings. The molecule has 2 fully saturated rings. The van der Waals surface area contributed by atoms with Crippen LogP contribution < -0.4 is 5.73 Å². The van der Waals surface area contributed by atoms with Gasteiger partial charge in [-0.3, -0.25) is 4.79 Å². The summed E-state index contributed by atoms with van der Waals surface area (Å²) in [5.41, 5.74) is 6.34. The summed E-state index contributed by atoms with van der Waals surface area (Å²) in [6.45, 7) is 1.72. The molecule has 1 aliphatic heterocycles. The SMILES string of the molecule is NC(CN1CCCCCCC1=O)C1CCCCC1. The first-order valence-corrected chi connectivity index (χ1v) is 7.81. The van der Waals surface area contributed by atoms with Crippen molar-refractivity contribution in [3.8, 4) is 0 Å². The highest BCUT2D eigenvalue weighted by molar-refractivity contribution is 5.76. The Morgan fingerprint density at radius 2 is 1.72 bits per heavy atom. The first-order chi connectivity index (χ1) is 8.77. The van der Waals surface area contributed by atoms with Gasteiger partial charge in [0.05, 0.1) is 0 Å². The third-order valence-corrected chi connectivity index (χ3v) is 4.61. The van der Waals surface area contributed by atoms with Crippen molar-refractivity contribution in [2.75, 3.05) is 13.1 Å². The summed E-state index contributed by atoms with van der Waals surface area (Å²) in [4.78, 5) is 14.1. The molecule has 1 unspecified atom stereocenters. The van der Waals surface area contributed by atoms with Gasteiger partial charge in [-0.05, 0) is 31.6 Å². The van der Waals surface area contributed by atoms with E-state index in [0.717, 1.165) is 32.4 Å². The Morgan fingerprint density at radius 3 is 2.50 bits per heavy atom. The maximum absolute atomic E-state index is 12.1. The van der Waals surface area contributed by atoms with Crippen molar-refractivity contribution in [1.29, 1.82) is 0 Å².